The van der Waals surface area contributed by atoms with Gasteiger partial charge in [0.25, 0.3) is 5.89 Å². The predicted molar refractivity (Wildman–Crippen MR) is 103 cm³/mol. The Morgan fingerprint density at radius 1 is 1.22 bits per heavy atom. The van der Waals surface area contributed by atoms with E-state index in [9.17, 15) is 9.59 Å². The Kier molecular flexibility index (Phi) is 6.25. The van der Waals surface area contributed by atoms with Crippen LogP contribution < -0.4 is 0 Å². The number of rotatable bonds is 7. The molecule has 27 heavy (non-hydrogen) atoms. The fraction of sp³-hybridized carbons (Fsp3) is 0.222. The highest BCUT2D eigenvalue weighted by molar-refractivity contribution is 8.00. The molecular formula is C18H17N3O4S2. The van der Waals surface area contributed by atoms with Crippen LogP contribution in [0, 0.1) is 0 Å². The summed E-state index contributed by atoms with van der Waals surface area (Å²) in [4.78, 5) is 31.5. The van der Waals surface area contributed by atoms with E-state index in [-0.39, 0.29) is 24.2 Å². The van der Waals surface area contributed by atoms with Crippen LogP contribution in [-0.2, 0) is 16.1 Å². The monoisotopic (exact) mass is 403 g/mol. The van der Waals surface area contributed by atoms with Crippen molar-refractivity contribution in [1.82, 2.24) is 15.0 Å². The third kappa shape index (κ3) is 4.95. The molecule has 7 nitrogen and oxygen atoms in total. The Hall–Kier alpha value is -2.65. The average molecular weight is 403 g/mol. The molecule has 3 aromatic rings. The minimum Gasteiger partial charge on any atom is -0.452 e. The third-order valence-corrected chi connectivity index (χ3v) is 5.42. The van der Waals surface area contributed by atoms with Crippen molar-refractivity contribution in [3.63, 3.8) is 0 Å². The van der Waals surface area contributed by atoms with E-state index in [2.05, 4.69) is 10.1 Å². The maximum atomic E-state index is 12.4. The van der Waals surface area contributed by atoms with Gasteiger partial charge in [-0.15, -0.1) is 23.1 Å². The molecule has 0 spiro atoms. The fourth-order valence-electron chi connectivity index (χ4n) is 2.05. The van der Waals surface area contributed by atoms with E-state index >= 15 is 0 Å². The van der Waals surface area contributed by atoms with Crippen LogP contribution in [0.25, 0.3) is 10.7 Å². The van der Waals surface area contributed by atoms with Crippen molar-refractivity contribution in [1.29, 1.82) is 0 Å². The summed E-state index contributed by atoms with van der Waals surface area (Å²) in [6.07, 6.45) is 0. The zero-order valence-corrected chi connectivity index (χ0v) is 16.4. The first-order valence-corrected chi connectivity index (χ1v) is 9.86. The number of carbonyl (C=O) groups excluding carboxylic acids is 2. The third-order valence-electron chi connectivity index (χ3n) is 3.49. The number of thioether (sulfide) groups is 1. The number of amides is 1. The molecule has 0 saturated heterocycles. The molecular weight excluding hydrogens is 386 g/mol. The Morgan fingerprint density at radius 2 is 2.04 bits per heavy atom. The van der Waals surface area contributed by atoms with Gasteiger partial charge in [-0.05, 0) is 23.6 Å². The van der Waals surface area contributed by atoms with Crippen LogP contribution >= 0.6 is 23.1 Å². The number of benzene rings is 1. The quantitative estimate of drug-likeness (QED) is 0.442. The molecule has 0 radical (unpaired) electrons. The molecule has 2 aromatic heterocycles. The van der Waals surface area contributed by atoms with E-state index in [1.165, 1.54) is 28.0 Å². The van der Waals surface area contributed by atoms with Crippen molar-refractivity contribution < 1.29 is 18.8 Å². The second-order valence-electron chi connectivity index (χ2n) is 5.64. The summed E-state index contributed by atoms with van der Waals surface area (Å²) in [5.41, 5.74) is 0.395. The maximum Gasteiger partial charge on any atom is 0.339 e. The Balaban J connectivity index is 1.62. The first-order valence-electron chi connectivity index (χ1n) is 8.00. The summed E-state index contributed by atoms with van der Waals surface area (Å²) in [6, 6.07) is 10.8. The highest BCUT2D eigenvalue weighted by Gasteiger charge is 2.17. The SMILES string of the molecule is CN(C)C(=O)CSc1ccccc1C(=O)OCc1nc(-c2cccs2)no1. The van der Waals surface area contributed by atoms with Crippen LogP contribution in [0.3, 0.4) is 0 Å². The Bertz CT molecular complexity index is 922. The topological polar surface area (TPSA) is 85.5 Å². The normalized spacial score (nSPS) is 10.6. The molecule has 0 unspecified atom stereocenters. The molecule has 3 rings (SSSR count). The lowest BCUT2D eigenvalue weighted by Crippen LogP contribution is -2.23. The zero-order chi connectivity index (χ0) is 19.2. The van der Waals surface area contributed by atoms with Gasteiger partial charge < -0.3 is 14.2 Å². The molecule has 0 aliphatic carbocycles. The molecule has 2 heterocycles. The molecule has 0 N–H and O–H groups in total. The van der Waals surface area contributed by atoms with E-state index in [4.69, 9.17) is 9.26 Å². The molecule has 0 aliphatic heterocycles. The van der Waals surface area contributed by atoms with Crippen LogP contribution in [-0.4, -0.2) is 46.8 Å². The van der Waals surface area contributed by atoms with E-state index in [0.29, 0.717) is 16.3 Å². The van der Waals surface area contributed by atoms with Gasteiger partial charge in [0.15, 0.2) is 6.61 Å². The van der Waals surface area contributed by atoms with Gasteiger partial charge in [-0.2, -0.15) is 4.98 Å². The molecule has 0 bridgehead atoms. The average Bonchev–Trinajstić information content (AvgIpc) is 3.35. The van der Waals surface area contributed by atoms with Gasteiger partial charge in [0.2, 0.25) is 11.7 Å². The van der Waals surface area contributed by atoms with Crippen molar-refractivity contribution in [2.24, 2.45) is 0 Å². The van der Waals surface area contributed by atoms with E-state index in [0.717, 1.165) is 4.88 Å². The van der Waals surface area contributed by atoms with Crippen molar-refractivity contribution >= 4 is 35.0 Å². The van der Waals surface area contributed by atoms with Gasteiger partial charge >= 0.3 is 5.97 Å². The van der Waals surface area contributed by atoms with Crippen LogP contribution in [0.4, 0.5) is 0 Å². The first kappa shape index (κ1) is 19.1. The molecule has 0 fully saturated rings. The largest absolute Gasteiger partial charge is 0.452 e. The molecule has 0 aliphatic rings. The van der Waals surface area contributed by atoms with Gasteiger partial charge in [0, 0.05) is 19.0 Å². The molecule has 1 amide bonds. The summed E-state index contributed by atoms with van der Waals surface area (Å²) in [6.45, 7) is -0.118. The number of ether oxygens (including phenoxy) is 1. The number of thiophene rings is 1. The first-order chi connectivity index (χ1) is 13.0. The lowest BCUT2D eigenvalue weighted by Gasteiger charge is -2.11. The summed E-state index contributed by atoms with van der Waals surface area (Å²) in [5.74, 6) is 0.390. The number of esters is 1. The fourth-order valence-corrected chi connectivity index (χ4v) is 3.72. The number of nitrogens with zero attached hydrogens (tertiary/aromatic N) is 3. The highest BCUT2D eigenvalue weighted by Crippen LogP contribution is 2.24. The lowest BCUT2D eigenvalue weighted by atomic mass is 10.2. The maximum absolute atomic E-state index is 12.4. The minimum absolute atomic E-state index is 0.0323. The van der Waals surface area contributed by atoms with Gasteiger partial charge in [-0.3, -0.25) is 4.79 Å². The van der Waals surface area contributed by atoms with Crippen molar-refractivity contribution in [2.75, 3.05) is 19.8 Å². The van der Waals surface area contributed by atoms with Crippen LogP contribution in [0.1, 0.15) is 16.2 Å². The standard InChI is InChI=1S/C18H17N3O4S2/c1-21(2)16(22)11-27-13-7-4-3-6-12(13)18(23)24-10-15-19-17(20-25-15)14-8-5-9-26-14/h3-9H,10-11H2,1-2H3. The number of carbonyl (C=O) groups is 2. The van der Waals surface area contributed by atoms with Gasteiger partial charge in [0.1, 0.15) is 0 Å². The van der Waals surface area contributed by atoms with Crippen molar-refractivity contribution in [3.05, 3.63) is 53.2 Å². The predicted octanol–water partition coefficient (Wildman–Crippen LogP) is 3.34. The second-order valence-corrected chi connectivity index (χ2v) is 7.60. The summed E-state index contributed by atoms with van der Waals surface area (Å²) >= 11 is 2.79. The smallest absolute Gasteiger partial charge is 0.339 e. The molecule has 0 atom stereocenters. The number of aromatic nitrogens is 2. The zero-order valence-electron chi connectivity index (χ0n) is 14.7. The Morgan fingerprint density at radius 3 is 2.78 bits per heavy atom. The van der Waals surface area contributed by atoms with Crippen LogP contribution in [0.15, 0.2) is 51.2 Å². The van der Waals surface area contributed by atoms with E-state index < -0.39 is 5.97 Å². The molecule has 140 valence electrons. The number of hydrogen-bond donors (Lipinski definition) is 0. The van der Waals surface area contributed by atoms with Gasteiger partial charge in [0.05, 0.1) is 16.2 Å². The Labute approximate surface area is 164 Å². The minimum atomic E-state index is -0.508. The number of hydrogen-bond acceptors (Lipinski definition) is 8. The van der Waals surface area contributed by atoms with Crippen molar-refractivity contribution in [2.45, 2.75) is 11.5 Å². The van der Waals surface area contributed by atoms with E-state index in [1.54, 1.807) is 32.3 Å². The summed E-state index contributed by atoms with van der Waals surface area (Å²) in [5, 5.41) is 5.80. The lowest BCUT2D eigenvalue weighted by molar-refractivity contribution is -0.125. The van der Waals surface area contributed by atoms with Gasteiger partial charge in [-0.25, -0.2) is 4.79 Å². The summed E-state index contributed by atoms with van der Waals surface area (Å²) < 4.78 is 10.4. The van der Waals surface area contributed by atoms with Gasteiger partial charge in [-0.1, -0.05) is 23.4 Å². The summed E-state index contributed by atoms with van der Waals surface area (Å²) in [7, 11) is 3.38. The molecule has 9 heteroatoms. The van der Waals surface area contributed by atoms with Crippen molar-refractivity contribution in [3.8, 4) is 10.7 Å². The highest BCUT2D eigenvalue weighted by atomic mass is 32.2. The molecule has 0 saturated carbocycles. The van der Waals surface area contributed by atoms with Crippen LogP contribution in [0.5, 0.6) is 0 Å². The van der Waals surface area contributed by atoms with E-state index in [1.807, 2.05) is 23.6 Å². The molecule has 1 aromatic carbocycles. The van der Waals surface area contributed by atoms with Crippen LogP contribution in [0.2, 0.25) is 0 Å². The second kappa shape index (κ2) is 8.83.